The van der Waals surface area contributed by atoms with Gasteiger partial charge in [0.2, 0.25) is 0 Å². The summed E-state index contributed by atoms with van der Waals surface area (Å²) in [4.78, 5) is 9.96. The van der Waals surface area contributed by atoms with Gasteiger partial charge in [-0.2, -0.15) is 5.10 Å². The topological polar surface area (TPSA) is 57.3 Å². The van der Waals surface area contributed by atoms with Crippen LogP contribution in [0.25, 0.3) is 0 Å². The SMILES string of the molecule is CO[C@@H]1C[C@@H](c2nc(C3CC3)n[nH]2)N(CCN2CCC(C)CC2)C1. The number of ether oxygens (including phenoxy) is 1. The molecular weight excluding hydrogens is 302 g/mol. The van der Waals surface area contributed by atoms with E-state index in [0.29, 0.717) is 18.1 Å². The van der Waals surface area contributed by atoms with Gasteiger partial charge in [0.05, 0.1) is 12.1 Å². The molecule has 2 aliphatic heterocycles. The molecule has 0 amide bonds. The highest BCUT2D eigenvalue weighted by atomic mass is 16.5. The molecule has 6 heteroatoms. The molecular formula is C18H31N5O. The molecule has 2 atom stereocenters. The number of aromatic amines is 1. The van der Waals surface area contributed by atoms with Crippen molar-refractivity contribution in [2.45, 2.75) is 57.1 Å². The van der Waals surface area contributed by atoms with E-state index < -0.39 is 0 Å². The number of rotatable bonds is 6. The zero-order valence-electron chi connectivity index (χ0n) is 15.1. The van der Waals surface area contributed by atoms with E-state index in [2.05, 4.69) is 26.9 Å². The Morgan fingerprint density at radius 2 is 1.96 bits per heavy atom. The summed E-state index contributed by atoms with van der Waals surface area (Å²) in [6, 6.07) is 0.332. The summed E-state index contributed by atoms with van der Waals surface area (Å²) < 4.78 is 5.65. The fourth-order valence-electron chi connectivity index (χ4n) is 4.08. The molecule has 6 nitrogen and oxygen atoms in total. The van der Waals surface area contributed by atoms with E-state index in [-0.39, 0.29) is 0 Å². The van der Waals surface area contributed by atoms with Gasteiger partial charge in [-0.3, -0.25) is 10.00 Å². The quantitative estimate of drug-likeness (QED) is 0.865. The van der Waals surface area contributed by atoms with Crippen molar-refractivity contribution < 1.29 is 4.74 Å². The highest BCUT2D eigenvalue weighted by Gasteiger charge is 2.36. The Balaban J connectivity index is 1.37. The number of aromatic nitrogens is 3. The minimum absolute atomic E-state index is 0.311. The van der Waals surface area contributed by atoms with Crippen LogP contribution in [0.15, 0.2) is 0 Å². The smallest absolute Gasteiger partial charge is 0.153 e. The largest absolute Gasteiger partial charge is 0.380 e. The van der Waals surface area contributed by atoms with Gasteiger partial charge in [-0.1, -0.05) is 6.92 Å². The van der Waals surface area contributed by atoms with Gasteiger partial charge in [-0.25, -0.2) is 4.98 Å². The molecule has 0 aromatic carbocycles. The molecule has 24 heavy (non-hydrogen) atoms. The van der Waals surface area contributed by atoms with Crippen molar-refractivity contribution in [2.75, 3.05) is 39.8 Å². The molecule has 3 heterocycles. The van der Waals surface area contributed by atoms with Gasteiger partial charge in [0.15, 0.2) is 5.82 Å². The monoisotopic (exact) mass is 333 g/mol. The third kappa shape index (κ3) is 3.65. The first-order valence-electron chi connectivity index (χ1n) is 9.64. The highest BCUT2D eigenvalue weighted by molar-refractivity contribution is 5.09. The summed E-state index contributed by atoms with van der Waals surface area (Å²) in [6.45, 7) is 8.13. The van der Waals surface area contributed by atoms with Gasteiger partial charge < -0.3 is 9.64 Å². The Hall–Kier alpha value is -0.980. The number of hydrogen-bond acceptors (Lipinski definition) is 5. The van der Waals surface area contributed by atoms with Crippen molar-refractivity contribution in [3.8, 4) is 0 Å². The van der Waals surface area contributed by atoms with E-state index in [9.17, 15) is 0 Å². The first kappa shape index (κ1) is 16.5. The standard InChI is InChI=1S/C18H31N5O/c1-13-5-7-22(8-6-13)9-10-23-12-15(24-2)11-16(23)18-19-17(20-21-18)14-3-4-14/h13-16H,3-12H2,1-2H3,(H,19,20,21)/t15-,16+/m1/s1. The molecule has 3 aliphatic rings. The number of H-pyrrole nitrogens is 1. The van der Waals surface area contributed by atoms with Gasteiger partial charge in [-0.15, -0.1) is 0 Å². The molecule has 1 aromatic heterocycles. The van der Waals surface area contributed by atoms with E-state index in [1.807, 2.05) is 7.11 Å². The van der Waals surface area contributed by atoms with Gasteiger partial charge in [0.1, 0.15) is 5.82 Å². The van der Waals surface area contributed by atoms with Crippen LogP contribution in [-0.2, 0) is 4.74 Å². The van der Waals surface area contributed by atoms with Gasteiger partial charge >= 0.3 is 0 Å². The fourth-order valence-corrected chi connectivity index (χ4v) is 4.08. The number of nitrogens with one attached hydrogen (secondary N) is 1. The van der Waals surface area contributed by atoms with Crippen LogP contribution in [0.3, 0.4) is 0 Å². The molecule has 1 aliphatic carbocycles. The maximum atomic E-state index is 5.65. The van der Waals surface area contributed by atoms with Crippen molar-refractivity contribution in [1.29, 1.82) is 0 Å². The molecule has 134 valence electrons. The zero-order chi connectivity index (χ0) is 16.5. The van der Waals surface area contributed by atoms with E-state index in [1.54, 1.807) is 0 Å². The summed E-state index contributed by atoms with van der Waals surface area (Å²) in [6.07, 6.45) is 6.52. The van der Waals surface area contributed by atoms with E-state index in [4.69, 9.17) is 9.72 Å². The first-order valence-corrected chi connectivity index (χ1v) is 9.64. The Morgan fingerprint density at radius 3 is 2.67 bits per heavy atom. The minimum atomic E-state index is 0.311. The Labute approximate surface area is 145 Å². The lowest BCUT2D eigenvalue weighted by molar-refractivity contribution is 0.104. The summed E-state index contributed by atoms with van der Waals surface area (Å²) >= 11 is 0. The highest BCUT2D eigenvalue weighted by Crippen LogP contribution is 2.39. The van der Waals surface area contributed by atoms with Crippen LogP contribution < -0.4 is 0 Å². The molecule has 2 saturated heterocycles. The molecule has 1 N–H and O–H groups in total. The maximum Gasteiger partial charge on any atom is 0.153 e. The molecule has 1 aromatic rings. The van der Waals surface area contributed by atoms with Crippen LogP contribution in [0, 0.1) is 5.92 Å². The lowest BCUT2D eigenvalue weighted by atomic mass is 9.99. The first-order chi connectivity index (χ1) is 11.7. The third-order valence-electron chi connectivity index (χ3n) is 6.06. The van der Waals surface area contributed by atoms with E-state index in [1.165, 1.54) is 38.8 Å². The van der Waals surface area contributed by atoms with Gasteiger partial charge in [0, 0.05) is 32.7 Å². The van der Waals surface area contributed by atoms with Crippen LogP contribution in [0.5, 0.6) is 0 Å². The van der Waals surface area contributed by atoms with Crippen molar-refractivity contribution in [1.82, 2.24) is 25.0 Å². The van der Waals surface area contributed by atoms with Crippen molar-refractivity contribution in [3.63, 3.8) is 0 Å². The molecule has 0 bridgehead atoms. The second-order valence-electron chi connectivity index (χ2n) is 7.98. The summed E-state index contributed by atoms with van der Waals surface area (Å²) in [5.41, 5.74) is 0. The van der Waals surface area contributed by atoms with Crippen LogP contribution in [0.4, 0.5) is 0 Å². The average molecular weight is 333 g/mol. The van der Waals surface area contributed by atoms with E-state index in [0.717, 1.165) is 43.6 Å². The lowest BCUT2D eigenvalue weighted by Gasteiger charge is -2.32. The van der Waals surface area contributed by atoms with Gasteiger partial charge in [-0.05, 0) is 51.1 Å². The second kappa shape index (κ2) is 7.10. The maximum absolute atomic E-state index is 5.65. The molecule has 4 rings (SSSR count). The zero-order valence-corrected chi connectivity index (χ0v) is 15.1. The number of piperidine rings is 1. The van der Waals surface area contributed by atoms with Crippen LogP contribution in [0.1, 0.15) is 62.6 Å². The van der Waals surface area contributed by atoms with Crippen molar-refractivity contribution in [2.24, 2.45) is 5.92 Å². The second-order valence-corrected chi connectivity index (χ2v) is 7.98. The summed E-state index contributed by atoms with van der Waals surface area (Å²) in [7, 11) is 1.83. The van der Waals surface area contributed by atoms with Crippen LogP contribution >= 0.6 is 0 Å². The number of nitrogens with zero attached hydrogens (tertiary/aromatic N) is 4. The predicted octanol–water partition coefficient (Wildman–Crippen LogP) is 2.18. The van der Waals surface area contributed by atoms with E-state index >= 15 is 0 Å². The average Bonchev–Trinajstić information content (AvgIpc) is 3.19. The van der Waals surface area contributed by atoms with Gasteiger partial charge in [0.25, 0.3) is 0 Å². The predicted molar refractivity (Wildman–Crippen MR) is 92.9 cm³/mol. The lowest BCUT2D eigenvalue weighted by Crippen LogP contribution is -2.39. The summed E-state index contributed by atoms with van der Waals surface area (Å²) in [5, 5.41) is 7.67. The molecule has 0 unspecified atom stereocenters. The molecule has 3 fully saturated rings. The Kier molecular flexibility index (Phi) is 4.88. The van der Waals surface area contributed by atoms with Crippen LogP contribution in [-0.4, -0.2) is 70.9 Å². The number of likely N-dealkylation sites (tertiary alicyclic amines) is 2. The molecule has 0 radical (unpaired) electrons. The Bertz CT molecular complexity index is 535. The van der Waals surface area contributed by atoms with Crippen molar-refractivity contribution >= 4 is 0 Å². The third-order valence-corrected chi connectivity index (χ3v) is 6.06. The minimum Gasteiger partial charge on any atom is -0.380 e. The summed E-state index contributed by atoms with van der Waals surface area (Å²) in [5.74, 6) is 3.58. The Morgan fingerprint density at radius 1 is 1.17 bits per heavy atom. The number of methoxy groups -OCH3 is 1. The number of hydrogen-bond donors (Lipinski definition) is 1. The fraction of sp³-hybridized carbons (Fsp3) is 0.889. The normalized spacial score (nSPS) is 30.2. The molecule has 1 saturated carbocycles. The van der Waals surface area contributed by atoms with Crippen LogP contribution in [0.2, 0.25) is 0 Å². The molecule has 0 spiro atoms. The van der Waals surface area contributed by atoms with Crippen molar-refractivity contribution in [3.05, 3.63) is 11.6 Å².